The summed E-state index contributed by atoms with van der Waals surface area (Å²) in [5.74, 6) is -1.30. The van der Waals surface area contributed by atoms with E-state index in [-0.39, 0.29) is 28.8 Å². The largest absolute Gasteiger partial charge is 0.363 e. The molecule has 216 valence electrons. The van der Waals surface area contributed by atoms with Gasteiger partial charge in [-0.25, -0.2) is 13.8 Å². The van der Waals surface area contributed by atoms with E-state index in [0.717, 1.165) is 54.8 Å². The number of anilines is 1. The predicted octanol–water partition coefficient (Wildman–Crippen LogP) is 6.06. The van der Waals surface area contributed by atoms with Crippen LogP contribution in [0.25, 0.3) is 6.08 Å². The Balaban J connectivity index is 1.39. The maximum absolute atomic E-state index is 14.1. The summed E-state index contributed by atoms with van der Waals surface area (Å²) >= 11 is 0. The Bertz CT molecular complexity index is 1560. The van der Waals surface area contributed by atoms with Crippen LogP contribution in [-0.2, 0) is 0 Å². The monoisotopic (exact) mass is 571 g/mol. The molecule has 2 fully saturated rings. The molecule has 0 aromatic heterocycles. The number of fused-ring (bicyclic) bond motifs is 1. The number of likely N-dealkylation sites (N-methyl/N-ethyl adjacent to an activating group) is 1. The first-order valence-electron chi connectivity index (χ1n) is 14.1. The lowest BCUT2D eigenvalue weighted by molar-refractivity contribution is -0.384. The van der Waals surface area contributed by atoms with Gasteiger partial charge in [0.05, 0.1) is 16.7 Å². The number of nitro groups is 1. The van der Waals surface area contributed by atoms with E-state index in [0.29, 0.717) is 18.8 Å². The van der Waals surface area contributed by atoms with Crippen LogP contribution in [0, 0.1) is 27.7 Å². The van der Waals surface area contributed by atoms with Gasteiger partial charge in [0.25, 0.3) is 11.6 Å². The molecule has 10 heteroatoms. The Kier molecular flexibility index (Phi) is 7.55. The molecule has 3 aromatic rings. The van der Waals surface area contributed by atoms with Crippen molar-refractivity contribution in [2.75, 3.05) is 38.1 Å². The molecule has 8 nitrogen and oxygen atoms in total. The fourth-order valence-electron chi connectivity index (χ4n) is 6.17. The minimum absolute atomic E-state index is 0.120. The maximum atomic E-state index is 14.1. The van der Waals surface area contributed by atoms with Crippen molar-refractivity contribution in [3.05, 3.63) is 111 Å². The molecule has 0 radical (unpaired) electrons. The van der Waals surface area contributed by atoms with Crippen molar-refractivity contribution >= 4 is 29.1 Å². The molecule has 1 saturated heterocycles. The first kappa shape index (κ1) is 27.7. The fourth-order valence-corrected chi connectivity index (χ4v) is 6.17. The van der Waals surface area contributed by atoms with Crippen molar-refractivity contribution in [3.63, 3.8) is 0 Å². The average molecular weight is 572 g/mol. The Morgan fingerprint density at radius 3 is 2.31 bits per heavy atom. The second kappa shape index (κ2) is 11.4. The van der Waals surface area contributed by atoms with Crippen LogP contribution in [0.2, 0.25) is 0 Å². The number of piperazine rings is 1. The molecule has 1 amide bonds. The second-order valence-electron chi connectivity index (χ2n) is 11.1. The maximum Gasteiger partial charge on any atom is 0.293 e. The number of carbonyl (C=O) groups is 1. The average Bonchev–Trinajstić information content (AvgIpc) is 3.39. The summed E-state index contributed by atoms with van der Waals surface area (Å²) in [6.45, 7) is 2.89. The van der Waals surface area contributed by atoms with Crippen molar-refractivity contribution in [3.8, 4) is 0 Å². The second-order valence-corrected chi connectivity index (χ2v) is 11.1. The van der Waals surface area contributed by atoms with E-state index in [9.17, 15) is 23.7 Å². The Morgan fingerprint density at radius 2 is 1.64 bits per heavy atom. The molecule has 0 spiro atoms. The van der Waals surface area contributed by atoms with Gasteiger partial charge in [0.1, 0.15) is 17.3 Å². The normalized spacial score (nSPS) is 21.8. The zero-order valence-electron chi connectivity index (χ0n) is 23.2. The molecule has 1 aliphatic carbocycles. The zero-order valence-corrected chi connectivity index (χ0v) is 23.2. The minimum atomic E-state index is -0.499. The van der Waals surface area contributed by atoms with E-state index < -0.39 is 16.9 Å². The summed E-state index contributed by atoms with van der Waals surface area (Å²) in [7, 11) is 2.01. The highest BCUT2D eigenvalue weighted by Gasteiger charge is 2.44. The van der Waals surface area contributed by atoms with Gasteiger partial charge in [-0.3, -0.25) is 14.9 Å². The number of nitrogens with zero attached hydrogens (tertiary/aromatic N) is 5. The number of hydrogen-bond donors (Lipinski definition) is 0. The summed E-state index contributed by atoms with van der Waals surface area (Å²) in [5, 5.41) is 18.4. The van der Waals surface area contributed by atoms with Gasteiger partial charge in [-0.05, 0) is 85.5 Å². The molecule has 1 saturated carbocycles. The molecule has 3 aromatic carbocycles. The van der Waals surface area contributed by atoms with Crippen LogP contribution in [0.5, 0.6) is 0 Å². The summed E-state index contributed by atoms with van der Waals surface area (Å²) in [4.78, 5) is 29.9. The molecule has 2 atom stereocenters. The number of halogens is 2. The summed E-state index contributed by atoms with van der Waals surface area (Å²) < 4.78 is 27.4. The van der Waals surface area contributed by atoms with Gasteiger partial charge in [0, 0.05) is 43.7 Å². The summed E-state index contributed by atoms with van der Waals surface area (Å²) in [6, 6.07) is 16.4. The smallest absolute Gasteiger partial charge is 0.293 e. The molecule has 2 unspecified atom stereocenters. The Hall–Kier alpha value is -4.44. The van der Waals surface area contributed by atoms with E-state index in [1.54, 1.807) is 36.4 Å². The van der Waals surface area contributed by atoms with Crippen LogP contribution in [0.3, 0.4) is 0 Å². The number of amides is 1. The highest BCUT2D eigenvalue weighted by atomic mass is 19.1. The third-order valence-electron chi connectivity index (χ3n) is 8.40. The van der Waals surface area contributed by atoms with Crippen LogP contribution in [0.15, 0.2) is 77.4 Å². The lowest BCUT2D eigenvalue weighted by atomic mass is 9.77. The van der Waals surface area contributed by atoms with Crippen molar-refractivity contribution in [1.29, 1.82) is 0 Å². The number of rotatable bonds is 5. The van der Waals surface area contributed by atoms with Crippen molar-refractivity contribution < 1.29 is 18.5 Å². The molecule has 42 heavy (non-hydrogen) atoms. The lowest BCUT2D eigenvalue weighted by Gasteiger charge is -2.33. The molecule has 0 bridgehead atoms. The number of hydrazone groups is 1. The van der Waals surface area contributed by atoms with E-state index in [2.05, 4.69) is 4.90 Å². The molecular formula is C32H31F2N5O3. The first-order valence-corrected chi connectivity index (χ1v) is 14.1. The van der Waals surface area contributed by atoms with Crippen LogP contribution in [0.4, 0.5) is 20.2 Å². The van der Waals surface area contributed by atoms with Gasteiger partial charge in [0.2, 0.25) is 0 Å². The standard InChI is InChI=1S/C32H31F2N5O3/c1-36-15-17-37(18-16-36)28-14-9-24(20-29(28)39(41)42)32(40)38-31(22-7-12-26(34)13-8-22)27-4-2-3-23(30(27)35-38)19-21-5-10-25(33)11-6-21/h5-14,19-20,27,31H,2-4,15-18H2,1H3. The quantitative estimate of drug-likeness (QED) is 0.275. The number of benzene rings is 3. The summed E-state index contributed by atoms with van der Waals surface area (Å²) in [5.41, 5.74) is 3.82. The van der Waals surface area contributed by atoms with Gasteiger partial charge in [-0.1, -0.05) is 24.3 Å². The van der Waals surface area contributed by atoms with E-state index in [1.165, 1.54) is 35.3 Å². The van der Waals surface area contributed by atoms with Gasteiger partial charge >= 0.3 is 0 Å². The highest BCUT2D eigenvalue weighted by Crippen LogP contribution is 2.45. The van der Waals surface area contributed by atoms with Crippen molar-refractivity contribution in [2.24, 2.45) is 11.0 Å². The van der Waals surface area contributed by atoms with Gasteiger partial charge in [-0.2, -0.15) is 5.10 Å². The molecular weight excluding hydrogens is 540 g/mol. The van der Waals surface area contributed by atoms with Crippen molar-refractivity contribution in [1.82, 2.24) is 9.91 Å². The highest BCUT2D eigenvalue weighted by molar-refractivity contribution is 6.09. The van der Waals surface area contributed by atoms with Crippen LogP contribution in [-0.4, -0.2) is 59.7 Å². The predicted molar refractivity (Wildman–Crippen MR) is 157 cm³/mol. The minimum Gasteiger partial charge on any atom is -0.363 e. The Labute approximate surface area is 242 Å². The lowest BCUT2D eigenvalue weighted by Crippen LogP contribution is -2.44. The van der Waals surface area contributed by atoms with E-state index in [4.69, 9.17) is 5.10 Å². The third-order valence-corrected chi connectivity index (χ3v) is 8.40. The van der Waals surface area contributed by atoms with Crippen molar-refractivity contribution in [2.45, 2.75) is 25.3 Å². The Morgan fingerprint density at radius 1 is 0.976 bits per heavy atom. The van der Waals surface area contributed by atoms with Gasteiger partial charge in [0.15, 0.2) is 0 Å². The molecule has 2 heterocycles. The zero-order chi connectivity index (χ0) is 29.4. The van der Waals surface area contributed by atoms with Gasteiger partial charge in [-0.15, -0.1) is 0 Å². The molecule has 2 aliphatic heterocycles. The van der Waals surface area contributed by atoms with Crippen LogP contribution in [0.1, 0.15) is 46.8 Å². The summed E-state index contributed by atoms with van der Waals surface area (Å²) in [6.07, 6.45) is 4.35. The fraction of sp³-hybridized carbons (Fsp3) is 0.312. The number of hydrogen-bond acceptors (Lipinski definition) is 6. The third kappa shape index (κ3) is 5.42. The molecule has 3 aliphatic rings. The number of allylic oxidation sites excluding steroid dienone is 1. The topological polar surface area (TPSA) is 82.3 Å². The molecule has 0 N–H and O–H groups in total. The van der Waals surface area contributed by atoms with E-state index >= 15 is 0 Å². The van der Waals surface area contributed by atoms with E-state index in [1.807, 2.05) is 18.0 Å². The number of nitro benzene ring substituents is 1. The van der Waals surface area contributed by atoms with Gasteiger partial charge < -0.3 is 9.80 Å². The molecule has 6 rings (SSSR count). The number of carbonyl (C=O) groups excluding carboxylic acids is 1. The SMILES string of the molecule is CN1CCN(c2ccc(C(=O)N3N=C4C(=Cc5ccc(F)cc5)CCCC4C3c3ccc(F)cc3)cc2[N+](=O)[O-])CC1. The van der Waals surface area contributed by atoms with Crippen LogP contribution >= 0.6 is 0 Å². The first-order chi connectivity index (χ1) is 20.3. The van der Waals surface area contributed by atoms with Crippen LogP contribution < -0.4 is 4.90 Å².